The number of amides is 1. The summed E-state index contributed by atoms with van der Waals surface area (Å²) < 4.78 is 0. The number of rotatable bonds is 4. The summed E-state index contributed by atoms with van der Waals surface area (Å²) in [6.07, 6.45) is 2.14. The summed E-state index contributed by atoms with van der Waals surface area (Å²) in [5.41, 5.74) is 9.25. The molecule has 138 valence electrons. The van der Waals surface area contributed by atoms with Gasteiger partial charge in [-0.1, -0.05) is 18.2 Å². The Balaban J connectivity index is 1.73. The largest absolute Gasteiger partial charge is 0.349 e. The molecule has 1 aliphatic heterocycles. The minimum atomic E-state index is -0.0571. The van der Waals surface area contributed by atoms with E-state index in [1.165, 1.54) is 6.92 Å². The number of carbonyl (C=O) groups is 2. The van der Waals surface area contributed by atoms with Crippen molar-refractivity contribution in [2.75, 3.05) is 0 Å². The molecule has 2 aromatic carbocycles. The molecule has 4 rings (SSSR count). The molecule has 1 fully saturated rings. The number of Topliss-reactive ketones (excluding diaryl/α,β-unsaturated/α-hetero) is 1. The maximum atomic E-state index is 12.4. The van der Waals surface area contributed by atoms with Crippen molar-refractivity contribution < 1.29 is 9.59 Å². The average Bonchev–Trinajstić information content (AvgIpc) is 3.46. The van der Waals surface area contributed by atoms with E-state index in [9.17, 15) is 9.59 Å². The zero-order chi connectivity index (χ0) is 19.1. The highest BCUT2D eigenvalue weighted by molar-refractivity contribution is 6.46. The summed E-state index contributed by atoms with van der Waals surface area (Å²) in [4.78, 5) is 24.3. The van der Waals surface area contributed by atoms with E-state index in [1.54, 1.807) is 0 Å². The Morgan fingerprint density at radius 1 is 1.11 bits per heavy atom. The van der Waals surface area contributed by atoms with E-state index in [0.717, 1.165) is 40.7 Å². The summed E-state index contributed by atoms with van der Waals surface area (Å²) in [7, 11) is 0. The van der Waals surface area contributed by atoms with E-state index >= 15 is 0 Å². The lowest BCUT2D eigenvalue weighted by atomic mass is 9.89. The van der Waals surface area contributed by atoms with Crippen LogP contribution in [0.5, 0.6) is 0 Å². The molecule has 1 saturated carbocycles. The molecule has 1 amide bonds. The van der Waals surface area contributed by atoms with Gasteiger partial charge in [0.05, 0.1) is 6.04 Å². The van der Waals surface area contributed by atoms with Crippen LogP contribution in [-0.2, 0) is 4.79 Å². The summed E-state index contributed by atoms with van der Waals surface area (Å²) in [5, 5.41) is 7.25. The standard InChI is InChI=1S/C22H23N3O2/c1-12-4-5-16(22(27)23-17-7-8-17)11-19(12)15-6-9-18-20(10-15)13(2)24-25-21(18)14(3)26/h4-6,9-11,13,17,24H,7-8H2,1-3H3,(H,23,27). The molecule has 0 aromatic heterocycles. The Bertz CT molecular complexity index is 974. The zero-order valence-corrected chi connectivity index (χ0v) is 15.8. The third-order valence-corrected chi connectivity index (χ3v) is 5.20. The van der Waals surface area contributed by atoms with Crippen LogP contribution < -0.4 is 10.7 Å². The minimum absolute atomic E-state index is 0.0160. The van der Waals surface area contributed by atoms with Crippen molar-refractivity contribution in [3.05, 3.63) is 58.7 Å². The first kappa shape index (κ1) is 17.5. The molecule has 5 heteroatoms. The van der Waals surface area contributed by atoms with Gasteiger partial charge in [-0.25, -0.2) is 0 Å². The van der Waals surface area contributed by atoms with Crippen molar-refractivity contribution in [3.63, 3.8) is 0 Å². The van der Waals surface area contributed by atoms with Crippen LogP contribution in [0.4, 0.5) is 0 Å². The molecule has 0 radical (unpaired) electrons. The van der Waals surface area contributed by atoms with Crippen LogP contribution in [0.3, 0.4) is 0 Å². The third kappa shape index (κ3) is 3.37. The van der Waals surface area contributed by atoms with E-state index in [2.05, 4.69) is 21.9 Å². The van der Waals surface area contributed by atoms with Gasteiger partial charge >= 0.3 is 0 Å². The number of hydrogen-bond donors (Lipinski definition) is 2. The number of fused-ring (bicyclic) bond motifs is 1. The summed E-state index contributed by atoms with van der Waals surface area (Å²) >= 11 is 0. The number of benzene rings is 2. The van der Waals surface area contributed by atoms with Crippen molar-refractivity contribution in [2.24, 2.45) is 5.10 Å². The summed E-state index contributed by atoms with van der Waals surface area (Å²) in [6.45, 7) is 5.59. The Kier molecular flexibility index (Phi) is 4.30. The van der Waals surface area contributed by atoms with Gasteiger partial charge in [-0.15, -0.1) is 0 Å². The van der Waals surface area contributed by atoms with Crippen molar-refractivity contribution in [1.82, 2.24) is 10.7 Å². The highest BCUT2D eigenvalue weighted by atomic mass is 16.1. The molecule has 0 spiro atoms. The lowest BCUT2D eigenvalue weighted by molar-refractivity contribution is -0.111. The van der Waals surface area contributed by atoms with Gasteiger partial charge in [-0.2, -0.15) is 5.10 Å². The number of carbonyl (C=O) groups excluding carboxylic acids is 2. The SMILES string of the molecule is CC(=O)C1=NNC(C)c2cc(-c3cc(C(=O)NC4CC4)ccc3C)ccc21. The summed E-state index contributed by atoms with van der Waals surface area (Å²) in [5.74, 6) is -0.0731. The van der Waals surface area contributed by atoms with Gasteiger partial charge < -0.3 is 10.7 Å². The van der Waals surface area contributed by atoms with Crippen molar-refractivity contribution in [1.29, 1.82) is 0 Å². The van der Waals surface area contributed by atoms with Crippen molar-refractivity contribution in [3.8, 4) is 11.1 Å². The monoisotopic (exact) mass is 361 g/mol. The molecular weight excluding hydrogens is 338 g/mol. The number of nitrogens with one attached hydrogen (secondary N) is 2. The Labute approximate surface area is 158 Å². The molecule has 2 N–H and O–H groups in total. The number of nitrogens with zero attached hydrogens (tertiary/aromatic N) is 1. The maximum absolute atomic E-state index is 12.4. The summed E-state index contributed by atoms with van der Waals surface area (Å²) in [6, 6.07) is 12.2. The number of ketones is 1. The Hall–Kier alpha value is -2.95. The molecular formula is C22H23N3O2. The van der Waals surface area contributed by atoms with E-state index in [-0.39, 0.29) is 17.7 Å². The van der Waals surface area contributed by atoms with Crippen molar-refractivity contribution in [2.45, 2.75) is 45.7 Å². The number of hydrazone groups is 1. The van der Waals surface area contributed by atoms with E-state index in [1.807, 2.05) is 44.2 Å². The quantitative estimate of drug-likeness (QED) is 0.875. The van der Waals surface area contributed by atoms with Gasteiger partial charge in [0.2, 0.25) is 0 Å². The van der Waals surface area contributed by atoms with Gasteiger partial charge in [0.15, 0.2) is 5.78 Å². The molecule has 1 unspecified atom stereocenters. The van der Waals surface area contributed by atoms with Crippen LogP contribution >= 0.6 is 0 Å². The normalized spacial score (nSPS) is 18.2. The first-order chi connectivity index (χ1) is 12.9. The minimum Gasteiger partial charge on any atom is -0.349 e. The third-order valence-electron chi connectivity index (χ3n) is 5.20. The zero-order valence-electron chi connectivity index (χ0n) is 15.8. The van der Waals surface area contributed by atoms with E-state index in [0.29, 0.717) is 17.3 Å². The first-order valence-electron chi connectivity index (χ1n) is 9.34. The van der Waals surface area contributed by atoms with Gasteiger partial charge in [-0.05, 0) is 67.1 Å². The number of hydrogen-bond acceptors (Lipinski definition) is 4. The predicted molar refractivity (Wildman–Crippen MR) is 106 cm³/mol. The molecule has 1 heterocycles. The van der Waals surface area contributed by atoms with E-state index < -0.39 is 0 Å². The molecule has 27 heavy (non-hydrogen) atoms. The fraction of sp³-hybridized carbons (Fsp3) is 0.318. The predicted octanol–water partition coefficient (Wildman–Crippen LogP) is 3.51. The van der Waals surface area contributed by atoms with Crippen LogP contribution in [0.1, 0.15) is 59.8 Å². The van der Waals surface area contributed by atoms with Crippen LogP contribution in [0.25, 0.3) is 11.1 Å². The Morgan fingerprint density at radius 3 is 2.59 bits per heavy atom. The van der Waals surface area contributed by atoms with Crippen LogP contribution in [0, 0.1) is 6.92 Å². The van der Waals surface area contributed by atoms with Crippen LogP contribution in [-0.4, -0.2) is 23.4 Å². The topological polar surface area (TPSA) is 70.6 Å². The maximum Gasteiger partial charge on any atom is 0.251 e. The average molecular weight is 361 g/mol. The molecule has 1 atom stereocenters. The van der Waals surface area contributed by atoms with Gasteiger partial charge in [0, 0.05) is 24.1 Å². The molecule has 0 saturated heterocycles. The molecule has 0 bridgehead atoms. The van der Waals surface area contributed by atoms with E-state index in [4.69, 9.17) is 0 Å². The highest BCUT2D eigenvalue weighted by Gasteiger charge is 2.25. The molecule has 2 aliphatic rings. The Morgan fingerprint density at radius 2 is 1.89 bits per heavy atom. The second-order valence-corrected chi connectivity index (χ2v) is 7.45. The van der Waals surface area contributed by atoms with Crippen molar-refractivity contribution >= 4 is 17.4 Å². The number of aryl methyl sites for hydroxylation is 1. The molecule has 5 nitrogen and oxygen atoms in total. The van der Waals surface area contributed by atoms with Crippen LogP contribution in [0.2, 0.25) is 0 Å². The van der Waals surface area contributed by atoms with Gasteiger partial charge in [0.25, 0.3) is 5.91 Å². The smallest absolute Gasteiger partial charge is 0.251 e. The van der Waals surface area contributed by atoms with Gasteiger partial charge in [-0.3, -0.25) is 9.59 Å². The second-order valence-electron chi connectivity index (χ2n) is 7.45. The second kappa shape index (κ2) is 6.65. The lowest BCUT2D eigenvalue weighted by Gasteiger charge is -2.23. The highest BCUT2D eigenvalue weighted by Crippen LogP contribution is 2.31. The fourth-order valence-electron chi connectivity index (χ4n) is 3.43. The first-order valence-corrected chi connectivity index (χ1v) is 9.34. The lowest BCUT2D eigenvalue weighted by Crippen LogP contribution is -2.28. The van der Waals surface area contributed by atoms with Crippen LogP contribution in [0.15, 0.2) is 41.5 Å². The van der Waals surface area contributed by atoms with Gasteiger partial charge in [0.1, 0.15) is 5.71 Å². The fourth-order valence-corrected chi connectivity index (χ4v) is 3.43. The molecule has 2 aromatic rings. The molecule has 1 aliphatic carbocycles.